The number of hydrogen-bond acceptors (Lipinski definition) is 6. The lowest BCUT2D eigenvalue weighted by atomic mass is 9.92. The fourth-order valence-electron chi connectivity index (χ4n) is 2.80. The van der Waals surface area contributed by atoms with E-state index in [9.17, 15) is 19.0 Å². The zero-order valence-electron chi connectivity index (χ0n) is 21.5. The van der Waals surface area contributed by atoms with Gasteiger partial charge in [-0.1, -0.05) is 13.8 Å². The van der Waals surface area contributed by atoms with Crippen molar-refractivity contribution in [3.8, 4) is 23.0 Å². The second-order valence-corrected chi connectivity index (χ2v) is 10.0. The van der Waals surface area contributed by atoms with E-state index in [1.165, 1.54) is 24.3 Å². The summed E-state index contributed by atoms with van der Waals surface area (Å²) in [4.78, 5) is 0. The Morgan fingerprint density at radius 3 is 1.34 bits per heavy atom. The van der Waals surface area contributed by atoms with E-state index >= 15 is 0 Å². The van der Waals surface area contributed by atoms with Crippen LogP contribution in [0.15, 0.2) is 36.4 Å². The lowest BCUT2D eigenvalue weighted by Gasteiger charge is -2.30. The van der Waals surface area contributed by atoms with E-state index in [0.29, 0.717) is 12.8 Å². The molecular weight excluding hydrogens is 458 g/mol. The Hall–Kier alpha value is -2.58. The van der Waals surface area contributed by atoms with E-state index in [4.69, 9.17) is 18.9 Å². The van der Waals surface area contributed by atoms with Crippen molar-refractivity contribution in [2.24, 2.45) is 5.41 Å². The molecule has 0 saturated heterocycles. The van der Waals surface area contributed by atoms with Crippen LogP contribution in [-0.2, 0) is 0 Å². The molecule has 2 rings (SSSR count). The molecule has 0 radical (unpaired) electrons. The van der Waals surface area contributed by atoms with Crippen LogP contribution in [0.3, 0.4) is 0 Å². The number of benzene rings is 2. The highest BCUT2D eigenvalue weighted by atomic mass is 19.1. The van der Waals surface area contributed by atoms with Gasteiger partial charge in [-0.15, -0.1) is 0 Å². The largest absolute Gasteiger partial charge is 0.493 e. The summed E-state index contributed by atoms with van der Waals surface area (Å²) in [5, 5.41) is 19.9. The molecule has 0 atom stereocenters. The first-order valence-corrected chi connectivity index (χ1v) is 11.8. The van der Waals surface area contributed by atoms with Gasteiger partial charge in [0, 0.05) is 12.1 Å². The molecule has 0 spiro atoms. The molecule has 0 bridgehead atoms. The van der Waals surface area contributed by atoms with Crippen molar-refractivity contribution in [1.29, 1.82) is 0 Å². The molecule has 0 aliphatic carbocycles. The van der Waals surface area contributed by atoms with Crippen LogP contribution < -0.4 is 18.9 Å². The Kier molecular flexibility index (Phi) is 9.75. The summed E-state index contributed by atoms with van der Waals surface area (Å²) in [5.74, 6) is -0.520. The first-order chi connectivity index (χ1) is 16.4. The van der Waals surface area contributed by atoms with Crippen LogP contribution in [0, 0.1) is 17.0 Å². The highest BCUT2D eigenvalue weighted by Gasteiger charge is 2.32. The maximum absolute atomic E-state index is 14.5. The van der Waals surface area contributed by atoms with Gasteiger partial charge in [0.1, 0.15) is 35.9 Å². The highest BCUT2D eigenvalue weighted by molar-refractivity contribution is 5.34. The minimum Gasteiger partial charge on any atom is -0.493 e. The third-order valence-electron chi connectivity index (χ3n) is 6.04. The number of rotatable bonds is 14. The van der Waals surface area contributed by atoms with Crippen LogP contribution in [0.2, 0.25) is 0 Å². The molecule has 0 fully saturated rings. The normalized spacial score (nSPS) is 12.4. The number of hydrogen-bond donors (Lipinski definition) is 2. The van der Waals surface area contributed by atoms with Gasteiger partial charge in [0.05, 0.1) is 18.6 Å². The molecular formula is C27H38F2O6. The van der Waals surface area contributed by atoms with Gasteiger partial charge in [-0.25, -0.2) is 8.78 Å². The van der Waals surface area contributed by atoms with E-state index in [0.717, 1.165) is 0 Å². The van der Waals surface area contributed by atoms with E-state index in [-0.39, 0.29) is 36.2 Å². The molecule has 0 heterocycles. The lowest BCUT2D eigenvalue weighted by Crippen LogP contribution is -2.42. The van der Waals surface area contributed by atoms with E-state index in [1.54, 1.807) is 12.1 Å². The average Bonchev–Trinajstić information content (AvgIpc) is 2.82. The topological polar surface area (TPSA) is 77.4 Å². The van der Waals surface area contributed by atoms with Crippen molar-refractivity contribution in [1.82, 2.24) is 0 Å². The fourth-order valence-corrected chi connectivity index (χ4v) is 2.80. The van der Waals surface area contributed by atoms with E-state index in [2.05, 4.69) is 0 Å². The van der Waals surface area contributed by atoms with E-state index < -0.39 is 41.5 Å². The van der Waals surface area contributed by atoms with Gasteiger partial charge in [-0.2, -0.15) is 0 Å². The summed E-state index contributed by atoms with van der Waals surface area (Å²) in [6, 6.07) is 8.43. The van der Waals surface area contributed by atoms with Crippen molar-refractivity contribution in [2.45, 2.75) is 65.6 Å². The van der Waals surface area contributed by atoms with Crippen LogP contribution >= 0.6 is 0 Å². The smallest absolute Gasteiger partial charge is 0.168 e. The predicted molar refractivity (Wildman–Crippen MR) is 130 cm³/mol. The van der Waals surface area contributed by atoms with Crippen LogP contribution in [0.5, 0.6) is 23.0 Å². The Bertz CT molecular complexity index is 883. The van der Waals surface area contributed by atoms with Gasteiger partial charge in [0.25, 0.3) is 0 Å². The van der Waals surface area contributed by atoms with Crippen LogP contribution in [0.4, 0.5) is 8.78 Å². The highest BCUT2D eigenvalue weighted by Crippen LogP contribution is 2.30. The van der Waals surface area contributed by atoms with Gasteiger partial charge in [0.2, 0.25) is 0 Å². The summed E-state index contributed by atoms with van der Waals surface area (Å²) < 4.78 is 51.7. The summed E-state index contributed by atoms with van der Waals surface area (Å²) in [6.07, 6.45) is 1.41. The van der Waals surface area contributed by atoms with Gasteiger partial charge < -0.3 is 29.2 Å². The van der Waals surface area contributed by atoms with Crippen molar-refractivity contribution in [2.75, 3.05) is 26.4 Å². The Labute approximate surface area is 206 Å². The zero-order valence-corrected chi connectivity index (χ0v) is 21.5. The molecule has 0 aromatic heterocycles. The second kappa shape index (κ2) is 11.9. The van der Waals surface area contributed by atoms with Crippen molar-refractivity contribution < 1.29 is 37.9 Å². The predicted octanol–water partition coefficient (Wildman–Crippen LogP) is 5.53. The molecule has 2 N–H and O–H groups in total. The van der Waals surface area contributed by atoms with Gasteiger partial charge >= 0.3 is 0 Å². The zero-order chi connectivity index (χ0) is 26.3. The summed E-state index contributed by atoms with van der Waals surface area (Å²) in [6.45, 7) is 10.1. The number of aliphatic hydroxyl groups excluding tert-OH is 2. The SMILES string of the molecule is CCC(C)(C)Oc1ccc(OCC(CO)(CO)COc2ccc(OC(C)(C)CC)c(F)c2)cc1F. The summed E-state index contributed by atoms with van der Waals surface area (Å²) >= 11 is 0. The fraction of sp³-hybridized carbons (Fsp3) is 0.556. The first kappa shape index (κ1) is 28.7. The number of aliphatic hydroxyl groups is 2. The Morgan fingerprint density at radius 1 is 0.686 bits per heavy atom. The molecule has 0 amide bonds. The standard InChI is InChI=1S/C27H38F2O6/c1-7-25(3,4)34-23-11-9-19(13-21(23)28)32-17-27(15-30,16-31)18-33-20-10-12-24(22(29)14-20)35-26(5,6)8-2/h9-14,30-31H,7-8,15-18H2,1-6H3. The minimum absolute atomic E-state index is 0.111. The third-order valence-corrected chi connectivity index (χ3v) is 6.04. The molecule has 196 valence electrons. The van der Waals surface area contributed by atoms with Crippen molar-refractivity contribution >= 4 is 0 Å². The van der Waals surface area contributed by atoms with Crippen LogP contribution in [0.25, 0.3) is 0 Å². The van der Waals surface area contributed by atoms with E-state index in [1.807, 2.05) is 41.5 Å². The molecule has 2 aromatic carbocycles. The van der Waals surface area contributed by atoms with Gasteiger partial charge in [-0.3, -0.25) is 0 Å². The maximum Gasteiger partial charge on any atom is 0.168 e. The van der Waals surface area contributed by atoms with Gasteiger partial charge in [-0.05, 0) is 64.8 Å². The molecule has 8 heteroatoms. The molecule has 35 heavy (non-hydrogen) atoms. The van der Waals surface area contributed by atoms with Crippen molar-refractivity contribution in [3.05, 3.63) is 48.0 Å². The van der Waals surface area contributed by atoms with Crippen molar-refractivity contribution in [3.63, 3.8) is 0 Å². The molecule has 6 nitrogen and oxygen atoms in total. The van der Waals surface area contributed by atoms with Crippen LogP contribution in [-0.4, -0.2) is 47.8 Å². The Balaban J connectivity index is 2.04. The molecule has 2 aromatic rings. The second-order valence-electron chi connectivity index (χ2n) is 10.0. The minimum atomic E-state index is -1.20. The Morgan fingerprint density at radius 2 is 1.06 bits per heavy atom. The average molecular weight is 497 g/mol. The van der Waals surface area contributed by atoms with Gasteiger partial charge in [0.15, 0.2) is 23.1 Å². The molecule has 0 aliphatic heterocycles. The third kappa shape index (κ3) is 8.25. The number of halogens is 2. The molecule has 0 aliphatic rings. The lowest BCUT2D eigenvalue weighted by molar-refractivity contribution is -0.0189. The number of ether oxygens (including phenoxy) is 4. The summed E-state index contributed by atoms with van der Waals surface area (Å²) in [7, 11) is 0. The van der Waals surface area contributed by atoms with Crippen LogP contribution in [0.1, 0.15) is 54.4 Å². The summed E-state index contributed by atoms with van der Waals surface area (Å²) in [5.41, 5.74) is -2.23. The maximum atomic E-state index is 14.5. The monoisotopic (exact) mass is 496 g/mol. The first-order valence-electron chi connectivity index (χ1n) is 11.8. The quantitative estimate of drug-likeness (QED) is 0.358. The molecule has 0 unspecified atom stereocenters. The molecule has 0 saturated carbocycles.